The van der Waals surface area contributed by atoms with Crippen molar-refractivity contribution in [2.45, 2.75) is 44.7 Å². The number of aliphatic hydroxyl groups excluding tert-OH is 1. The molecule has 5 atom stereocenters. The second-order valence-corrected chi connectivity index (χ2v) is 7.08. The topological polar surface area (TPSA) is 74.2 Å². The molecule has 2 fully saturated rings. The van der Waals surface area contributed by atoms with Gasteiger partial charge in [-0.1, -0.05) is 6.92 Å². The van der Waals surface area contributed by atoms with Crippen LogP contribution in [0.2, 0.25) is 0 Å². The van der Waals surface area contributed by atoms with Crippen molar-refractivity contribution < 1.29 is 9.90 Å². The van der Waals surface area contributed by atoms with Crippen LogP contribution in [0.3, 0.4) is 0 Å². The molecule has 6 heteroatoms. The maximum absolute atomic E-state index is 12.3. The summed E-state index contributed by atoms with van der Waals surface area (Å²) in [6.07, 6.45) is 6.11. The molecule has 21 heavy (non-hydrogen) atoms. The van der Waals surface area contributed by atoms with Gasteiger partial charge in [0, 0.05) is 30.1 Å². The SMILES string of the molecule is CCC(NC(=O)NC1C2CCC(C2)C1CO)c1nccs1. The Morgan fingerprint density at radius 3 is 3.00 bits per heavy atom. The second kappa shape index (κ2) is 6.32. The Morgan fingerprint density at radius 1 is 1.52 bits per heavy atom. The molecule has 1 aromatic heterocycles. The summed E-state index contributed by atoms with van der Waals surface area (Å²) in [5.74, 6) is 1.36. The minimum atomic E-state index is -0.131. The van der Waals surface area contributed by atoms with Crippen LogP contribution in [0.5, 0.6) is 0 Å². The van der Waals surface area contributed by atoms with Crippen LogP contribution in [0.25, 0.3) is 0 Å². The molecule has 2 aliphatic rings. The van der Waals surface area contributed by atoms with Crippen molar-refractivity contribution >= 4 is 17.4 Å². The number of aromatic nitrogens is 1. The van der Waals surface area contributed by atoms with Crippen LogP contribution >= 0.6 is 11.3 Å². The maximum Gasteiger partial charge on any atom is 0.315 e. The zero-order chi connectivity index (χ0) is 14.8. The Morgan fingerprint density at radius 2 is 2.33 bits per heavy atom. The van der Waals surface area contributed by atoms with E-state index >= 15 is 0 Å². The average Bonchev–Trinajstić information content (AvgIpc) is 3.21. The Balaban J connectivity index is 1.59. The van der Waals surface area contributed by atoms with Gasteiger partial charge in [-0.2, -0.15) is 0 Å². The van der Waals surface area contributed by atoms with Crippen molar-refractivity contribution in [1.29, 1.82) is 0 Å². The minimum absolute atomic E-state index is 0.0313. The zero-order valence-corrected chi connectivity index (χ0v) is 13.1. The van der Waals surface area contributed by atoms with Crippen molar-refractivity contribution in [3.8, 4) is 0 Å². The number of amides is 2. The molecule has 0 saturated heterocycles. The van der Waals surface area contributed by atoms with Gasteiger partial charge in [0.1, 0.15) is 5.01 Å². The largest absolute Gasteiger partial charge is 0.396 e. The first-order valence-electron chi connectivity index (χ1n) is 7.80. The Bertz CT molecular complexity index is 479. The van der Waals surface area contributed by atoms with Gasteiger partial charge in [-0.3, -0.25) is 0 Å². The minimum Gasteiger partial charge on any atom is -0.396 e. The number of rotatable bonds is 5. The molecule has 3 rings (SSSR count). The molecular formula is C15H23N3O2S. The third-order valence-electron chi connectivity index (χ3n) is 5.06. The molecule has 5 nitrogen and oxygen atoms in total. The van der Waals surface area contributed by atoms with E-state index in [1.807, 2.05) is 12.3 Å². The monoisotopic (exact) mass is 309 g/mol. The first kappa shape index (κ1) is 14.8. The second-order valence-electron chi connectivity index (χ2n) is 6.15. The van der Waals surface area contributed by atoms with E-state index in [9.17, 15) is 9.90 Å². The van der Waals surface area contributed by atoms with Crippen molar-refractivity contribution in [3.63, 3.8) is 0 Å². The number of thiazole rings is 1. The van der Waals surface area contributed by atoms with E-state index < -0.39 is 0 Å². The van der Waals surface area contributed by atoms with Crippen LogP contribution in [-0.4, -0.2) is 28.8 Å². The van der Waals surface area contributed by atoms with Crippen molar-refractivity contribution in [2.24, 2.45) is 17.8 Å². The standard InChI is InChI=1S/C15H23N3O2S/c1-2-12(14-16-5-6-21-14)17-15(20)18-13-10-4-3-9(7-10)11(13)8-19/h5-6,9-13,19H,2-4,7-8H2,1H3,(H2,17,18,20). The molecule has 0 radical (unpaired) electrons. The molecule has 5 unspecified atom stereocenters. The third-order valence-corrected chi connectivity index (χ3v) is 5.95. The quantitative estimate of drug-likeness (QED) is 0.781. The fourth-order valence-electron chi connectivity index (χ4n) is 3.99. The highest BCUT2D eigenvalue weighted by atomic mass is 32.1. The fraction of sp³-hybridized carbons (Fsp3) is 0.733. The van der Waals surface area contributed by atoms with E-state index in [1.165, 1.54) is 12.8 Å². The molecule has 0 aromatic carbocycles. The Kier molecular flexibility index (Phi) is 4.45. The van der Waals surface area contributed by atoms with Gasteiger partial charge in [0.25, 0.3) is 0 Å². The number of hydrogen-bond acceptors (Lipinski definition) is 4. The number of aliphatic hydroxyl groups is 1. The van der Waals surface area contributed by atoms with Gasteiger partial charge in [0.05, 0.1) is 6.04 Å². The summed E-state index contributed by atoms with van der Waals surface area (Å²) >= 11 is 1.56. The van der Waals surface area contributed by atoms with Crippen LogP contribution in [0, 0.1) is 17.8 Å². The predicted octanol–water partition coefficient (Wildman–Crippen LogP) is 2.30. The average molecular weight is 309 g/mol. The Labute approximate surface area is 129 Å². The molecule has 0 aliphatic heterocycles. The number of nitrogens with one attached hydrogen (secondary N) is 2. The molecule has 2 bridgehead atoms. The van der Waals surface area contributed by atoms with Crippen molar-refractivity contribution in [2.75, 3.05) is 6.61 Å². The summed E-state index contributed by atoms with van der Waals surface area (Å²) in [6.45, 7) is 2.22. The fourth-order valence-corrected chi connectivity index (χ4v) is 4.77. The highest BCUT2D eigenvalue weighted by molar-refractivity contribution is 7.09. The highest BCUT2D eigenvalue weighted by Gasteiger charge is 2.47. The van der Waals surface area contributed by atoms with E-state index in [2.05, 4.69) is 15.6 Å². The summed E-state index contributed by atoms with van der Waals surface area (Å²) in [4.78, 5) is 16.6. The highest BCUT2D eigenvalue weighted by Crippen LogP contribution is 2.48. The lowest BCUT2D eigenvalue weighted by Gasteiger charge is -2.31. The third kappa shape index (κ3) is 2.92. The first-order valence-corrected chi connectivity index (χ1v) is 8.68. The van der Waals surface area contributed by atoms with Gasteiger partial charge in [-0.05, 0) is 37.5 Å². The van der Waals surface area contributed by atoms with Crippen LogP contribution in [0.1, 0.15) is 43.7 Å². The molecule has 1 aromatic rings. The summed E-state index contributed by atoms with van der Waals surface area (Å²) in [5, 5.41) is 18.6. The van der Waals surface area contributed by atoms with Crippen LogP contribution in [0.4, 0.5) is 4.79 Å². The zero-order valence-electron chi connectivity index (χ0n) is 12.3. The molecule has 1 heterocycles. The number of carbonyl (C=O) groups is 1. The van der Waals surface area contributed by atoms with Gasteiger partial charge >= 0.3 is 6.03 Å². The molecule has 2 amide bonds. The van der Waals surface area contributed by atoms with Gasteiger partial charge in [-0.15, -0.1) is 11.3 Å². The number of fused-ring (bicyclic) bond motifs is 2. The normalized spacial score (nSPS) is 32.1. The lowest BCUT2D eigenvalue weighted by molar-refractivity contribution is 0.144. The van der Waals surface area contributed by atoms with Crippen LogP contribution in [-0.2, 0) is 0 Å². The summed E-state index contributed by atoms with van der Waals surface area (Å²) < 4.78 is 0. The van der Waals surface area contributed by atoms with Gasteiger partial charge in [0.15, 0.2) is 0 Å². The molecular weight excluding hydrogens is 286 g/mol. The number of nitrogens with zero attached hydrogens (tertiary/aromatic N) is 1. The lowest BCUT2D eigenvalue weighted by Crippen LogP contribution is -2.49. The molecule has 116 valence electrons. The first-order chi connectivity index (χ1) is 10.2. The van der Waals surface area contributed by atoms with Gasteiger partial charge < -0.3 is 15.7 Å². The van der Waals surface area contributed by atoms with Gasteiger partial charge in [-0.25, -0.2) is 9.78 Å². The lowest BCUT2D eigenvalue weighted by atomic mass is 9.85. The molecule has 2 aliphatic carbocycles. The van der Waals surface area contributed by atoms with E-state index in [1.54, 1.807) is 17.5 Å². The van der Waals surface area contributed by atoms with Crippen LogP contribution < -0.4 is 10.6 Å². The molecule has 0 spiro atoms. The molecule has 3 N–H and O–H groups in total. The smallest absolute Gasteiger partial charge is 0.315 e. The Hall–Kier alpha value is -1.14. The summed E-state index contributed by atoms with van der Waals surface area (Å²) in [5.41, 5.74) is 0. The van der Waals surface area contributed by atoms with E-state index in [4.69, 9.17) is 0 Å². The van der Waals surface area contributed by atoms with E-state index in [0.29, 0.717) is 11.8 Å². The predicted molar refractivity (Wildman–Crippen MR) is 82.0 cm³/mol. The van der Waals surface area contributed by atoms with Crippen LogP contribution in [0.15, 0.2) is 11.6 Å². The maximum atomic E-state index is 12.3. The summed E-state index contributed by atoms with van der Waals surface area (Å²) in [6, 6.07) is -0.0354. The van der Waals surface area contributed by atoms with E-state index in [0.717, 1.165) is 17.8 Å². The van der Waals surface area contributed by atoms with E-state index in [-0.39, 0.29) is 30.6 Å². The number of hydrogen-bond donors (Lipinski definition) is 3. The number of carbonyl (C=O) groups excluding carboxylic acids is 1. The summed E-state index contributed by atoms with van der Waals surface area (Å²) in [7, 11) is 0. The van der Waals surface area contributed by atoms with Crippen molar-refractivity contribution in [3.05, 3.63) is 16.6 Å². The van der Waals surface area contributed by atoms with Crippen molar-refractivity contribution in [1.82, 2.24) is 15.6 Å². The number of urea groups is 1. The van der Waals surface area contributed by atoms with Gasteiger partial charge in [0.2, 0.25) is 0 Å². The molecule has 2 saturated carbocycles.